The topological polar surface area (TPSA) is 50.4 Å². The molecule has 102 valence electrons. The molecule has 1 fully saturated rings. The standard InChI is InChI=1S/C15H20N2O2/c1-10-7-9-19-14(10)15(18)17-12-6-2-4-11-5-3-8-16-13(11)12/h2,4,6,10,14,16H,3,5,7-9H2,1H3,(H,17,18). The molecule has 4 heteroatoms. The third-order valence-electron chi connectivity index (χ3n) is 3.98. The van der Waals surface area contributed by atoms with E-state index in [4.69, 9.17) is 4.74 Å². The van der Waals surface area contributed by atoms with Gasteiger partial charge < -0.3 is 15.4 Å². The number of carbonyl (C=O) groups is 1. The van der Waals surface area contributed by atoms with Gasteiger partial charge in [0.1, 0.15) is 6.10 Å². The molecule has 19 heavy (non-hydrogen) atoms. The second-order valence-electron chi connectivity index (χ2n) is 5.42. The number of ether oxygens (including phenoxy) is 1. The lowest BCUT2D eigenvalue weighted by Gasteiger charge is -2.22. The highest BCUT2D eigenvalue weighted by Crippen LogP contribution is 2.31. The van der Waals surface area contributed by atoms with Crippen LogP contribution in [0, 0.1) is 5.92 Å². The number of hydrogen-bond donors (Lipinski definition) is 2. The molecule has 1 saturated heterocycles. The van der Waals surface area contributed by atoms with Gasteiger partial charge in [0.25, 0.3) is 5.91 Å². The van der Waals surface area contributed by atoms with Gasteiger partial charge in [-0.1, -0.05) is 19.1 Å². The van der Waals surface area contributed by atoms with Crippen molar-refractivity contribution in [3.05, 3.63) is 23.8 Å². The highest BCUT2D eigenvalue weighted by Gasteiger charge is 2.31. The zero-order valence-electron chi connectivity index (χ0n) is 11.2. The Balaban J connectivity index is 1.78. The van der Waals surface area contributed by atoms with Crippen molar-refractivity contribution in [2.75, 3.05) is 23.8 Å². The Morgan fingerprint density at radius 1 is 1.47 bits per heavy atom. The summed E-state index contributed by atoms with van der Waals surface area (Å²) in [6.45, 7) is 3.72. The van der Waals surface area contributed by atoms with E-state index >= 15 is 0 Å². The number of para-hydroxylation sites is 1. The number of hydrogen-bond acceptors (Lipinski definition) is 3. The molecular formula is C15H20N2O2. The maximum atomic E-state index is 12.2. The number of nitrogens with one attached hydrogen (secondary N) is 2. The monoisotopic (exact) mass is 260 g/mol. The van der Waals surface area contributed by atoms with Crippen LogP contribution in [0.1, 0.15) is 25.3 Å². The zero-order chi connectivity index (χ0) is 13.2. The van der Waals surface area contributed by atoms with Crippen molar-refractivity contribution in [1.29, 1.82) is 0 Å². The van der Waals surface area contributed by atoms with E-state index in [1.807, 2.05) is 12.1 Å². The van der Waals surface area contributed by atoms with E-state index in [0.29, 0.717) is 12.5 Å². The molecule has 3 rings (SSSR count). The largest absolute Gasteiger partial charge is 0.383 e. The van der Waals surface area contributed by atoms with Gasteiger partial charge in [-0.05, 0) is 36.8 Å². The first-order chi connectivity index (χ1) is 9.25. The van der Waals surface area contributed by atoms with Crippen LogP contribution in [-0.4, -0.2) is 25.2 Å². The second-order valence-corrected chi connectivity index (χ2v) is 5.42. The summed E-state index contributed by atoms with van der Waals surface area (Å²) in [5.41, 5.74) is 3.24. The Labute approximate surface area is 113 Å². The SMILES string of the molecule is CC1CCOC1C(=O)Nc1cccc2c1NCCC2. The lowest BCUT2D eigenvalue weighted by Crippen LogP contribution is -2.31. The molecule has 0 bridgehead atoms. The van der Waals surface area contributed by atoms with Gasteiger partial charge in [-0.15, -0.1) is 0 Å². The molecule has 0 radical (unpaired) electrons. The minimum Gasteiger partial charge on any atom is -0.383 e. The fourth-order valence-corrected chi connectivity index (χ4v) is 2.85. The van der Waals surface area contributed by atoms with Crippen LogP contribution in [0.4, 0.5) is 11.4 Å². The molecule has 0 spiro atoms. The van der Waals surface area contributed by atoms with Crippen LogP contribution in [0.3, 0.4) is 0 Å². The Kier molecular flexibility index (Phi) is 3.42. The minimum atomic E-state index is -0.306. The molecule has 2 aliphatic rings. The maximum absolute atomic E-state index is 12.2. The van der Waals surface area contributed by atoms with Crippen molar-refractivity contribution < 1.29 is 9.53 Å². The van der Waals surface area contributed by atoms with E-state index in [0.717, 1.165) is 37.2 Å². The summed E-state index contributed by atoms with van der Waals surface area (Å²) in [5, 5.41) is 6.40. The van der Waals surface area contributed by atoms with Crippen molar-refractivity contribution in [2.45, 2.75) is 32.3 Å². The highest BCUT2D eigenvalue weighted by molar-refractivity contribution is 5.97. The van der Waals surface area contributed by atoms with E-state index in [9.17, 15) is 4.79 Å². The molecule has 1 aromatic rings. The quantitative estimate of drug-likeness (QED) is 0.858. The van der Waals surface area contributed by atoms with Crippen LogP contribution in [-0.2, 0) is 16.0 Å². The van der Waals surface area contributed by atoms with Crippen molar-refractivity contribution >= 4 is 17.3 Å². The van der Waals surface area contributed by atoms with Gasteiger partial charge in [-0.25, -0.2) is 0 Å². The van der Waals surface area contributed by atoms with Crippen molar-refractivity contribution in [2.24, 2.45) is 5.92 Å². The first kappa shape index (κ1) is 12.5. The summed E-state index contributed by atoms with van der Waals surface area (Å²) >= 11 is 0. The fourth-order valence-electron chi connectivity index (χ4n) is 2.85. The number of carbonyl (C=O) groups excluding carboxylic acids is 1. The summed E-state index contributed by atoms with van der Waals surface area (Å²) in [4.78, 5) is 12.2. The average molecular weight is 260 g/mol. The number of benzene rings is 1. The summed E-state index contributed by atoms with van der Waals surface area (Å²) in [6, 6.07) is 6.07. The minimum absolute atomic E-state index is 0.0224. The van der Waals surface area contributed by atoms with Gasteiger partial charge in [0, 0.05) is 13.2 Å². The molecular weight excluding hydrogens is 240 g/mol. The Hall–Kier alpha value is -1.55. The van der Waals surface area contributed by atoms with Gasteiger partial charge in [-0.3, -0.25) is 4.79 Å². The van der Waals surface area contributed by atoms with Crippen LogP contribution in [0.15, 0.2) is 18.2 Å². The van der Waals surface area contributed by atoms with Crippen LogP contribution in [0.2, 0.25) is 0 Å². The molecule has 0 saturated carbocycles. The van der Waals surface area contributed by atoms with E-state index in [-0.39, 0.29) is 12.0 Å². The first-order valence-corrected chi connectivity index (χ1v) is 7.04. The number of amides is 1. The molecule has 2 N–H and O–H groups in total. The summed E-state index contributed by atoms with van der Waals surface area (Å²) in [6.07, 6.45) is 2.87. The third kappa shape index (κ3) is 2.45. The predicted molar refractivity (Wildman–Crippen MR) is 75.4 cm³/mol. The van der Waals surface area contributed by atoms with Crippen LogP contribution in [0.5, 0.6) is 0 Å². The Bertz CT molecular complexity index is 487. The Morgan fingerprint density at radius 2 is 2.37 bits per heavy atom. The summed E-state index contributed by atoms with van der Waals surface area (Å²) in [7, 11) is 0. The van der Waals surface area contributed by atoms with Gasteiger partial charge in [0.05, 0.1) is 11.4 Å². The van der Waals surface area contributed by atoms with E-state index < -0.39 is 0 Å². The zero-order valence-corrected chi connectivity index (χ0v) is 11.2. The molecule has 2 aliphatic heterocycles. The lowest BCUT2D eigenvalue weighted by atomic mass is 10.0. The van der Waals surface area contributed by atoms with Gasteiger partial charge in [0.2, 0.25) is 0 Å². The van der Waals surface area contributed by atoms with E-state index in [2.05, 4.69) is 23.6 Å². The van der Waals surface area contributed by atoms with Crippen LogP contribution < -0.4 is 10.6 Å². The van der Waals surface area contributed by atoms with Gasteiger partial charge in [-0.2, -0.15) is 0 Å². The second kappa shape index (κ2) is 5.21. The van der Waals surface area contributed by atoms with Gasteiger partial charge >= 0.3 is 0 Å². The normalized spacial score (nSPS) is 25.5. The summed E-state index contributed by atoms with van der Waals surface area (Å²) in [5.74, 6) is 0.276. The van der Waals surface area contributed by atoms with Crippen molar-refractivity contribution in [3.8, 4) is 0 Å². The van der Waals surface area contributed by atoms with Crippen LogP contribution in [0.25, 0.3) is 0 Å². The average Bonchev–Trinajstić information content (AvgIpc) is 2.85. The maximum Gasteiger partial charge on any atom is 0.253 e. The molecule has 4 nitrogen and oxygen atoms in total. The summed E-state index contributed by atoms with van der Waals surface area (Å²) < 4.78 is 5.51. The van der Waals surface area contributed by atoms with Crippen molar-refractivity contribution in [1.82, 2.24) is 0 Å². The molecule has 1 aromatic carbocycles. The number of rotatable bonds is 2. The van der Waals surface area contributed by atoms with Crippen molar-refractivity contribution in [3.63, 3.8) is 0 Å². The molecule has 2 atom stereocenters. The van der Waals surface area contributed by atoms with Crippen LogP contribution >= 0.6 is 0 Å². The molecule has 2 heterocycles. The molecule has 0 aromatic heterocycles. The molecule has 1 amide bonds. The first-order valence-electron chi connectivity index (χ1n) is 7.04. The number of anilines is 2. The van der Waals surface area contributed by atoms with Gasteiger partial charge in [0.15, 0.2) is 0 Å². The molecule has 2 unspecified atom stereocenters. The highest BCUT2D eigenvalue weighted by atomic mass is 16.5. The number of fused-ring (bicyclic) bond motifs is 1. The smallest absolute Gasteiger partial charge is 0.253 e. The lowest BCUT2D eigenvalue weighted by molar-refractivity contribution is -0.126. The predicted octanol–water partition coefficient (Wildman–Crippen LogP) is 2.41. The van der Waals surface area contributed by atoms with E-state index in [1.165, 1.54) is 5.56 Å². The molecule has 0 aliphatic carbocycles. The fraction of sp³-hybridized carbons (Fsp3) is 0.533. The number of aryl methyl sites for hydroxylation is 1. The third-order valence-corrected chi connectivity index (χ3v) is 3.98. The Morgan fingerprint density at radius 3 is 3.16 bits per heavy atom. The van der Waals surface area contributed by atoms with E-state index in [1.54, 1.807) is 0 Å².